The van der Waals surface area contributed by atoms with E-state index in [4.69, 9.17) is 11.6 Å². The predicted octanol–water partition coefficient (Wildman–Crippen LogP) is 0.955. The van der Waals surface area contributed by atoms with E-state index in [2.05, 4.69) is 30.6 Å². The number of hydrogen-bond donors (Lipinski definition) is 2. The van der Waals surface area contributed by atoms with Gasteiger partial charge in [-0.05, 0) is 11.6 Å². The normalized spacial score (nSPS) is 10.4. The number of rotatable bonds is 5. The van der Waals surface area contributed by atoms with Crippen LogP contribution in [0.15, 0.2) is 12.4 Å². The predicted molar refractivity (Wildman–Crippen MR) is 69.8 cm³/mol. The van der Waals surface area contributed by atoms with Gasteiger partial charge in [0.05, 0.1) is 0 Å². The standard InChI is InChI=1S/C10H14ClN7/c1-12-9-15-8(11)16-10(17-9)14-4-3-7-13-5-6-18(7)2/h5-6H,3-4H2,1-2H3,(H2,12,14,15,16,17). The maximum absolute atomic E-state index is 5.77. The Labute approximate surface area is 110 Å². The van der Waals surface area contributed by atoms with E-state index < -0.39 is 0 Å². The molecule has 0 saturated heterocycles. The number of anilines is 2. The zero-order chi connectivity index (χ0) is 13.0. The van der Waals surface area contributed by atoms with Gasteiger partial charge in [-0.1, -0.05) is 0 Å². The van der Waals surface area contributed by atoms with Gasteiger partial charge in [0.2, 0.25) is 17.2 Å². The van der Waals surface area contributed by atoms with Gasteiger partial charge in [-0.15, -0.1) is 0 Å². The molecule has 0 bridgehead atoms. The molecule has 2 heterocycles. The molecule has 8 heteroatoms. The average Bonchev–Trinajstić information content (AvgIpc) is 2.74. The number of aryl methyl sites for hydroxylation is 1. The Morgan fingerprint density at radius 3 is 2.72 bits per heavy atom. The summed E-state index contributed by atoms with van der Waals surface area (Å²) in [6, 6.07) is 0. The summed E-state index contributed by atoms with van der Waals surface area (Å²) in [7, 11) is 3.69. The van der Waals surface area contributed by atoms with Crippen molar-refractivity contribution >= 4 is 23.5 Å². The van der Waals surface area contributed by atoms with Crippen LogP contribution in [0.3, 0.4) is 0 Å². The maximum Gasteiger partial charge on any atom is 0.228 e. The first-order valence-electron chi connectivity index (χ1n) is 5.48. The zero-order valence-electron chi connectivity index (χ0n) is 10.2. The van der Waals surface area contributed by atoms with Crippen molar-refractivity contribution in [3.8, 4) is 0 Å². The third-order valence-corrected chi connectivity index (χ3v) is 2.55. The minimum atomic E-state index is 0.161. The van der Waals surface area contributed by atoms with Crippen LogP contribution in [-0.4, -0.2) is 38.1 Å². The molecule has 0 spiro atoms. The molecule has 2 aromatic rings. The lowest BCUT2D eigenvalue weighted by molar-refractivity contribution is 0.786. The van der Waals surface area contributed by atoms with Crippen LogP contribution in [0.2, 0.25) is 5.28 Å². The molecular formula is C10H14ClN7. The van der Waals surface area contributed by atoms with Gasteiger partial charge in [0.1, 0.15) is 5.82 Å². The zero-order valence-corrected chi connectivity index (χ0v) is 10.9. The van der Waals surface area contributed by atoms with Crippen molar-refractivity contribution in [1.29, 1.82) is 0 Å². The molecule has 2 N–H and O–H groups in total. The highest BCUT2D eigenvalue weighted by Gasteiger charge is 2.04. The minimum absolute atomic E-state index is 0.161. The van der Waals surface area contributed by atoms with Gasteiger partial charge in [0.15, 0.2) is 0 Å². The van der Waals surface area contributed by atoms with E-state index in [1.54, 1.807) is 13.2 Å². The second-order valence-corrected chi connectivity index (χ2v) is 3.97. The quantitative estimate of drug-likeness (QED) is 0.840. The molecule has 0 radical (unpaired) electrons. The summed E-state index contributed by atoms with van der Waals surface area (Å²) in [5.74, 6) is 1.89. The summed E-state index contributed by atoms with van der Waals surface area (Å²) in [4.78, 5) is 16.3. The number of halogens is 1. The number of hydrogen-bond acceptors (Lipinski definition) is 6. The SMILES string of the molecule is CNc1nc(Cl)nc(NCCc2nccn2C)n1. The van der Waals surface area contributed by atoms with Crippen molar-refractivity contribution in [1.82, 2.24) is 24.5 Å². The summed E-state index contributed by atoms with van der Waals surface area (Å²) in [5, 5.41) is 6.06. The van der Waals surface area contributed by atoms with Crippen LogP contribution in [0.5, 0.6) is 0 Å². The summed E-state index contributed by atoms with van der Waals surface area (Å²) in [6.45, 7) is 0.675. The van der Waals surface area contributed by atoms with Crippen molar-refractivity contribution in [3.63, 3.8) is 0 Å². The molecule has 96 valence electrons. The lowest BCUT2D eigenvalue weighted by Crippen LogP contribution is -2.12. The highest BCUT2D eigenvalue weighted by Crippen LogP contribution is 2.08. The lowest BCUT2D eigenvalue weighted by Gasteiger charge is -2.06. The Bertz CT molecular complexity index is 525. The Morgan fingerprint density at radius 2 is 2.06 bits per heavy atom. The van der Waals surface area contributed by atoms with Gasteiger partial charge in [-0.3, -0.25) is 0 Å². The van der Waals surface area contributed by atoms with Gasteiger partial charge in [0, 0.05) is 39.5 Å². The summed E-state index contributed by atoms with van der Waals surface area (Å²) < 4.78 is 1.97. The van der Waals surface area contributed by atoms with E-state index in [-0.39, 0.29) is 5.28 Å². The smallest absolute Gasteiger partial charge is 0.228 e. The minimum Gasteiger partial charge on any atom is -0.357 e. The van der Waals surface area contributed by atoms with E-state index >= 15 is 0 Å². The van der Waals surface area contributed by atoms with Crippen LogP contribution >= 0.6 is 11.6 Å². The average molecular weight is 268 g/mol. The molecule has 0 aromatic carbocycles. The van der Waals surface area contributed by atoms with Crippen molar-refractivity contribution in [2.75, 3.05) is 24.2 Å². The molecule has 2 aromatic heterocycles. The Balaban J connectivity index is 1.94. The molecule has 2 rings (SSSR count). The highest BCUT2D eigenvalue weighted by molar-refractivity contribution is 6.28. The van der Waals surface area contributed by atoms with E-state index in [1.165, 1.54) is 0 Å². The summed E-state index contributed by atoms with van der Waals surface area (Å²) in [6.07, 6.45) is 4.46. The fourth-order valence-electron chi connectivity index (χ4n) is 1.46. The van der Waals surface area contributed by atoms with Gasteiger partial charge >= 0.3 is 0 Å². The van der Waals surface area contributed by atoms with Gasteiger partial charge in [-0.2, -0.15) is 15.0 Å². The number of imidazole rings is 1. The second-order valence-electron chi connectivity index (χ2n) is 3.63. The maximum atomic E-state index is 5.77. The van der Waals surface area contributed by atoms with Gasteiger partial charge < -0.3 is 15.2 Å². The van der Waals surface area contributed by atoms with Crippen LogP contribution in [0, 0.1) is 0 Å². The van der Waals surface area contributed by atoms with E-state index in [9.17, 15) is 0 Å². The topological polar surface area (TPSA) is 80.5 Å². The summed E-state index contributed by atoms with van der Waals surface area (Å²) in [5.41, 5.74) is 0. The Morgan fingerprint density at radius 1 is 1.28 bits per heavy atom. The molecule has 0 unspecified atom stereocenters. The first-order valence-corrected chi connectivity index (χ1v) is 5.86. The second kappa shape index (κ2) is 5.63. The van der Waals surface area contributed by atoms with Crippen LogP contribution in [-0.2, 0) is 13.5 Å². The summed E-state index contributed by atoms with van der Waals surface area (Å²) >= 11 is 5.77. The molecular weight excluding hydrogens is 254 g/mol. The fourth-order valence-corrected chi connectivity index (χ4v) is 1.62. The first-order chi connectivity index (χ1) is 8.69. The van der Waals surface area contributed by atoms with Crippen LogP contribution in [0.4, 0.5) is 11.9 Å². The van der Waals surface area contributed by atoms with Crippen molar-refractivity contribution in [3.05, 3.63) is 23.5 Å². The van der Waals surface area contributed by atoms with Gasteiger partial charge in [-0.25, -0.2) is 4.98 Å². The largest absolute Gasteiger partial charge is 0.357 e. The monoisotopic (exact) mass is 267 g/mol. The number of nitrogens with one attached hydrogen (secondary N) is 2. The van der Waals surface area contributed by atoms with E-state index in [0.717, 1.165) is 12.2 Å². The highest BCUT2D eigenvalue weighted by atomic mass is 35.5. The van der Waals surface area contributed by atoms with Crippen LogP contribution < -0.4 is 10.6 Å². The van der Waals surface area contributed by atoms with Crippen molar-refractivity contribution in [2.24, 2.45) is 7.05 Å². The number of nitrogens with zero attached hydrogens (tertiary/aromatic N) is 5. The molecule has 18 heavy (non-hydrogen) atoms. The van der Waals surface area contributed by atoms with Crippen molar-refractivity contribution < 1.29 is 0 Å². The molecule has 7 nitrogen and oxygen atoms in total. The third kappa shape index (κ3) is 3.07. The Hall–Kier alpha value is -1.89. The van der Waals surface area contributed by atoms with Crippen molar-refractivity contribution in [2.45, 2.75) is 6.42 Å². The van der Waals surface area contributed by atoms with E-state index in [1.807, 2.05) is 17.8 Å². The molecule has 0 aliphatic rings. The lowest BCUT2D eigenvalue weighted by atomic mass is 10.4. The van der Waals surface area contributed by atoms with Crippen LogP contribution in [0.1, 0.15) is 5.82 Å². The molecule has 0 fully saturated rings. The molecule has 0 aliphatic heterocycles. The fraction of sp³-hybridized carbons (Fsp3) is 0.400. The molecule has 0 amide bonds. The first kappa shape index (κ1) is 12.6. The Kier molecular flexibility index (Phi) is 3.93. The molecule has 0 aliphatic carbocycles. The van der Waals surface area contributed by atoms with E-state index in [0.29, 0.717) is 18.4 Å². The third-order valence-electron chi connectivity index (χ3n) is 2.38. The van der Waals surface area contributed by atoms with Crippen LogP contribution in [0.25, 0.3) is 0 Å². The molecule has 0 atom stereocenters. The van der Waals surface area contributed by atoms with Gasteiger partial charge in [0.25, 0.3) is 0 Å². The molecule has 0 saturated carbocycles. The number of aromatic nitrogens is 5.